The zero-order valence-corrected chi connectivity index (χ0v) is 16.2. The zero-order valence-electron chi connectivity index (χ0n) is 16.2. The van der Waals surface area contributed by atoms with Gasteiger partial charge in [-0.05, 0) is 48.4 Å². The largest absolute Gasteiger partial charge is 0.497 e. The molecule has 28 heavy (non-hydrogen) atoms. The van der Waals surface area contributed by atoms with E-state index in [1.165, 1.54) is 7.11 Å². The first-order chi connectivity index (χ1) is 13.6. The van der Waals surface area contributed by atoms with Crippen LogP contribution in [-0.2, 0) is 4.74 Å². The van der Waals surface area contributed by atoms with Gasteiger partial charge in [-0.2, -0.15) is 0 Å². The molecule has 1 heterocycles. The molecular formula is C23H22O5. The molecule has 0 atom stereocenters. The molecular weight excluding hydrogens is 356 g/mol. The standard InChI is InChI=1S/C23H22O5/c1-4-5-6-7-15-10-13-19-18(21(15)23(25)27-3)14-20(28-19)22(24)16-8-11-17(26-2)12-9-16/h6-14H,4-5H2,1-3H3/b7-6+. The van der Waals surface area contributed by atoms with Gasteiger partial charge in [0.2, 0.25) is 5.78 Å². The van der Waals surface area contributed by atoms with Crippen LogP contribution in [0.15, 0.2) is 53.0 Å². The Hall–Kier alpha value is -3.34. The summed E-state index contributed by atoms with van der Waals surface area (Å²) in [6.07, 6.45) is 5.83. The second-order valence-corrected chi connectivity index (χ2v) is 6.29. The van der Waals surface area contributed by atoms with E-state index in [0.717, 1.165) is 18.4 Å². The van der Waals surface area contributed by atoms with Crippen LogP contribution in [0.1, 0.15) is 51.8 Å². The van der Waals surface area contributed by atoms with Crippen molar-refractivity contribution >= 4 is 28.8 Å². The number of ketones is 1. The van der Waals surface area contributed by atoms with Crippen LogP contribution in [0.4, 0.5) is 0 Å². The van der Waals surface area contributed by atoms with E-state index in [1.807, 2.05) is 12.2 Å². The van der Waals surface area contributed by atoms with Gasteiger partial charge in [0.1, 0.15) is 11.3 Å². The Morgan fingerprint density at radius 1 is 1.07 bits per heavy atom. The van der Waals surface area contributed by atoms with Gasteiger partial charge in [0.15, 0.2) is 5.76 Å². The molecule has 0 saturated heterocycles. The van der Waals surface area contributed by atoms with Crippen LogP contribution >= 0.6 is 0 Å². The molecule has 5 nitrogen and oxygen atoms in total. The highest BCUT2D eigenvalue weighted by Gasteiger charge is 2.21. The number of fused-ring (bicyclic) bond motifs is 1. The minimum atomic E-state index is -0.467. The number of carbonyl (C=O) groups is 2. The third-order valence-corrected chi connectivity index (χ3v) is 4.45. The van der Waals surface area contributed by atoms with Gasteiger partial charge in [0, 0.05) is 10.9 Å². The number of hydrogen-bond acceptors (Lipinski definition) is 5. The number of ether oxygens (including phenoxy) is 2. The first-order valence-corrected chi connectivity index (χ1v) is 9.09. The molecule has 1 aromatic heterocycles. The van der Waals surface area contributed by atoms with Gasteiger partial charge < -0.3 is 13.9 Å². The predicted octanol–water partition coefficient (Wildman–Crippen LogP) is 5.27. The van der Waals surface area contributed by atoms with Gasteiger partial charge in [0.25, 0.3) is 0 Å². The lowest BCUT2D eigenvalue weighted by Gasteiger charge is -2.05. The molecule has 0 radical (unpaired) electrons. The molecule has 0 saturated carbocycles. The van der Waals surface area contributed by atoms with Crippen molar-refractivity contribution in [1.29, 1.82) is 0 Å². The molecule has 0 aliphatic rings. The Balaban J connectivity index is 2.06. The van der Waals surface area contributed by atoms with Gasteiger partial charge in [-0.3, -0.25) is 4.79 Å². The highest BCUT2D eigenvalue weighted by Crippen LogP contribution is 2.29. The molecule has 5 heteroatoms. The number of esters is 1. The maximum atomic E-state index is 12.8. The molecule has 0 unspecified atom stereocenters. The smallest absolute Gasteiger partial charge is 0.339 e. The second kappa shape index (κ2) is 8.57. The monoisotopic (exact) mass is 378 g/mol. The summed E-state index contributed by atoms with van der Waals surface area (Å²) >= 11 is 0. The Morgan fingerprint density at radius 3 is 2.46 bits per heavy atom. The topological polar surface area (TPSA) is 65.7 Å². The third kappa shape index (κ3) is 3.83. The average Bonchev–Trinajstić information content (AvgIpc) is 3.17. The van der Waals surface area contributed by atoms with Crippen LogP contribution < -0.4 is 4.74 Å². The second-order valence-electron chi connectivity index (χ2n) is 6.29. The van der Waals surface area contributed by atoms with Crippen LogP contribution in [0, 0.1) is 0 Å². The molecule has 144 valence electrons. The number of allylic oxidation sites excluding steroid dienone is 1. The Labute approximate surface area is 163 Å². The van der Waals surface area contributed by atoms with Crippen molar-refractivity contribution in [1.82, 2.24) is 0 Å². The van der Waals surface area contributed by atoms with E-state index in [-0.39, 0.29) is 11.5 Å². The van der Waals surface area contributed by atoms with E-state index >= 15 is 0 Å². The van der Waals surface area contributed by atoms with Crippen molar-refractivity contribution in [3.05, 3.63) is 71.0 Å². The molecule has 2 aromatic carbocycles. The predicted molar refractivity (Wildman–Crippen MR) is 108 cm³/mol. The van der Waals surface area contributed by atoms with E-state index in [0.29, 0.717) is 27.8 Å². The van der Waals surface area contributed by atoms with Crippen molar-refractivity contribution in [2.75, 3.05) is 14.2 Å². The summed E-state index contributed by atoms with van der Waals surface area (Å²) in [5, 5.41) is 0.558. The molecule has 0 bridgehead atoms. The van der Waals surface area contributed by atoms with E-state index < -0.39 is 5.97 Å². The summed E-state index contributed by atoms with van der Waals surface area (Å²) < 4.78 is 15.8. The van der Waals surface area contributed by atoms with Gasteiger partial charge in [-0.25, -0.2) is 4.79 Å². The summed E-state index contributed by atoms with van der Waals surface area (Å²) in [6.45, 7) is 2.09. The Bertz CT molecular complexity index is 1030. The van der Waals surface area contributed by atoms with Crippen LogP contribution in [0.2, 0.25) is 0 Å². The molecule has 0 spiro atoms. The summed E-state index contributed by atoms with van der Waals surface area (Å²) in [4.78, 5) is 25.2. The molecule has 3 aromatic rings. The summed E-state index contributed by atoms with van der Waals surface area (Å²) in [5.74, 6) is 0.0985. The van der Waals surface area contributed by atoms with Crippen LogP contribution in [-0.4, -0.2) is 26.0 Å². The molecule has 0 amide bonds. The van der Waals surface area contributed by atoms with Crippen LogP contribution in [0.3, 0.4) is 0 Å². The summed E-state index contributed by atoms with van der Waals surface area (Å²) in [7, 11) is 2.90. The van der Waals surface area contributed by atoms with Gasteiger partial charge in [-0.1, -0.05) is 31.6 Å². The number of rotatable bonds is 7. The van der Waals surface area contributed by atoms with Crippen LogP contribution in [0.25, 0.3) is 17.0 Å². The lowest BCUT2D eigenvalue weighted by Crippen LogP contribution is -2.04. The van der Waals surface area contributed by atoms with Gasteiger partial charge >= 0.3 is 5.97 Å². The lowest BCUT2D eigenvalue weighted by atomic mass is 10.0. The number of unbranched alkanes of at least 4 members (excludes halogenated alkanes) is 1. The third-order valence-electron chi connectivity index (χ3n) is 4.45. The van der Waals surface area contributed by atoms with Crippen molar-refractivity contribution < 1.29 is 23.5 Å². The first-order valence-electron chi connectivity index (χ1n) is 9.09. The highest BCUT2D eigenvalue weighted by atomic mass is 16.5. The Morgan fingerprint density at radius 2 is 1.82 bits per heavy atom. The van der Waals surface area contributed by atoms with E-state index in [1.54, 1.807) is 49.6 Å². The molecule has 0 aliphatic heterocycles. The Kier molecular flexibility index (Phi) is 5.94. The van der Waals surface area contributed by atoms with Crippen molar-refractivity contribution in [3.8, 4) is 5.75 Å². The van der Waals surface area contributed by atoms with Crippen molar-refractivity contribution in [3.63, 3.8) is 0 Å². The van der Waals surface area contributed by atoms with E-state index in [9.17, 15) is 9.59 Å². The van der Waals surface area contributed by atoms with E-state index in [2.05, 4.69) is 6.92 Å². The fraction of sp³-hybridized carbons (Fsp3) is 0.217. The number of carbonyl (C=O) groups excluding carboxylic acids is 2. The highest BCUT2D eigenvalue weighted by molar-refractivity contribution is 6.12. The molecule has 0 N–H and O–H groups in total. The quantitative estimate of drug-likeness (QED) is 0.414. The number of furan rings is 1. The molecule has 3 rings (SSSR count). The minimum absolute atomic E-state index is 0.167. The van der Waals surface area contributed by atoms with Crippen LogP contribution in [0.5, 0.6) is 5.75 Å². The normalized spacial score (nSPS) is 11.1. The molecule has 0 aliphatic carbocycles. The fourth-order valence-electron chi connectivity index (χ4n) is 2.97. The fourth-order valence-corrected chi connectivity index (χ4v) is 2.97. The molecule has 0 fully saturated rings. The number of hydrogen-bond donors (Lipinski definition) is 0. The number of methoxy groups -OCH3 is 2. The van der Waals surface area contributed by atoms with E-state index in [4.69, 9.17) is 13.9 Å². The lowest BCUT2D eigenvalue weighted by molar-refractivity contribution is 0.0602. The maximum absolute atomic E-state index is 12.8. The maximum Gasteiger partial charge on any atom is 0.339 e. The number of benzene rings is 2. The minimum Gasteiger partial charge on any atom is -0.497 e. The summed E-state index contributed by atoms with van der Waals surface area (Å²) in [5.41, 5.74) is 2.06. The summed E-state index contributed by atoms with van der Waals surface area (Å²) in [6, 6.07) is 11.9. The first kappa shape index (κ1) is 19.4. The van der Waals surface area contributed by atoms with Gasteiger partial charge in [-0.15, -0.1) is 0 Å². The zero-order chi connectivity index (χ0) is 20.1. The van der Waals surface area contributed by atoms with Crippen molar-refractivity contribution in [2.45, 2.75) is 19.8 Å². The average molecular weight is 378 g/mol. The SMILES string of the molecule is CCC/C=C/c1ccc2oc(C(=O)c3ccc(OC)cc3)cc2c1C(=O)OC. The van der Waals surface area contributed by atoms with Crippen molar-refractivity contribution in [2.24, 2.45) is 0 Å². The van der Waals surface area contributed by atoms with Gasteiger partial charge in [0.05, 0.1) is 19.8 Å².